The number of ether oxygens (including phenoxy) is 1. The van der Waals surface area contributed by atoms with Crippen LogP contribution in [0.15, 0.2) is 0 Å². The van der Waals surface area contributed by atoms with Gasteiger partial charge < -0.3 is 9.53 Å². The van der Waals surface area contributed by atoms with Gasteiger partial charge in [-0.05, 0) is 32.6 Å². The van der Waals surface area contributed by atoms with Gasteiger partial charge in [0.25, 0.3) is 0 Å². The second-order valence-electron chi connectivity index (χ2n) is 4.36. The molecule has 0 saturated carbocycles. The third-order valence-electron chi connectivity index (χ3n) is 2.69. The van der Waals surface area contributed by atoms with Crippen molar-refractivity contribution in [3.63, 3.8) is 0 Å². The molecule has 0 N–H and O–H groups in total. The molecular weight excluding hydrogens is 152 g/mol. The molecule has 1 fully saturated rings. The molecule has 70 valence electrons. The van der Waals surface area contributed by atoms with E-state index in [4.69, 9.17) is 4.74 Å². The Bertz CT molecular complexity index is 163. The van der Waals surface area contributed by atoms with Crippen LogP contribution in [-0.2, 0) is 9.53 Å². The number of hydrogen-bond donors (Lipinski definition) is 0. The van der Waals surface area contributed by atoms with E-state index in [1.165, 1.54) is 0 Å². The fourth-order valence-electron chi connectivity index (χ4n) is 1.84. The van der Waals surface area contributed by atoms with Gasteiger partial charge in [-0.15, -0.1) is 0 Å². The molecule has 12 heavy (non-hydrogen) atoms. The average molecular weight is 170 g/mol. The molecule has 1 aliphatic heterocycles. The molecule has 0 aromatic carbocycles. The summed E-state index contributed by atoms with van der Waals surface area (Å²) in [5.74, 6) is 0.708. The zero-order valence-corrected chi connectivity index (χ0v) is 8.17. The normalized spacial score (nSPS) is 31.1. The summed E-state index contributed by atoms with van der Waals surface area (Å²) < 4.78 is 5.57. The van der Waals surface area contributed by atoms with Gasteiger partial charge >= 0.3 is 0 Å². The predicted octanol–water partition coefficient (Wildman–Crippen LogP) is 2.03. The fraction of sp³-hybridized carbons (Fsp3) is 0.900. The van der Waals surface area contributed by atoms with Crippen molar-refractivity contribution in [2.45, 2.75) is 39.2 Å². The van der Waals surface area contributed by atoms with Gasteiger partial charge in [0.1, 0.15) is 6.29 Å². The molecule has 2 unspecified atom stereocenters. The van der Waals surface area contributed by atoms with Crippen molar-refractivity contribution >= 4 is 6.29 Å². The zero-order valence-electron chi connectivity index (χ0n) is 8.17. The van der Waals surface area contributed by atoms with Crippen LogP contribution in [0, 0.1) is 11.8 Å². The largest absolute Gasteiger partial charge is 0.376 e. The molecule has 0 aliphatic carbocycles. The second kappa shape index (κ2) is 3.56. The summed E-state index contributed by atoms with van der Waals surface area (Å²) in [6.45, 7) is 6.99. The minimum absolute atomic E-state index is 0.0276. The Labute approximate surface area is 74.3 Å². The Morgan fingerprint density at radius 2 is 2.25 bits per heavy atom. The monoisotopic (exact) mass is 170 g/mol. The summed E-state index contributed by atoms with van der Waals surface area (Å²) in [4.78, 5) is 10.6. The SMILES string of the molecule is CC(C=O)C1CCOC(C)(C)C1. The molecule has 1 rings (SSSR count). The Kier molecular flexibility index (Phi) is 2.89. The van der Waals surface area contributed by atoms with Gasteiger partial charge in [0.15, 0.2) is 0 Å². The lowest BCUT2D eigenvalue weighted by Crippen LogP contribution is -2.36. The predicted molar refractivity (Wildman–Crippen MR) is 48.0 cm³/mol. The van der Waals surface area contributed by atoms with Gasteiger partial charge in [-0.25, -0.2) is 0 Å². The van der Waals surface area contributed by atoms with Crippen molar-refractivity contribution < 1.29 is 9.53 Å². The lowest BCUT2D eigenvalue weighted by molar-refractivity contribution is -0.117. The molecular formula is C10H18O2. The summed E-state index contributed by atoms with van der Waals surface area (Å²) in [6.07, 6.45) is 3.10. The fourth-order valence-corrected chi connectivity index (χ4v) is 1.84. The number of carbonyl (C=O) groups is 1. The highest BCUT2D eigenvalue weighted by molar-refractivity contribution is 5.53. The highest BCUT2D eigenvalue weighted by Crippen LogP contribution is 2.32. The minimum atomic E-state index is -0.0276. The molecule has 2 nitrogen and oxygen atoms in total. The molecule has 1 saturated heterocycles. The van der Waals surface area contributed by atoms with Gasteiger partial charge in [-0.1, -0.05) is 6.92 Å². The summed E-state index contributed by atoms with van der Waals surface area (Å²) in [5, 5.41) is 0. The Balaban J connectivity index is 2.51. The quantitative estimate of drug-likeness (QED) is 0.593. The Morgan fingerprint density at radius 1 is 1.58 bits per heavy atom. The van der Waals surface area contributed by atoms with E-state index in [-0.39, 0.29) is 11.5 Å². The van der Waals surface area contributed by atoms with Crippen molar-refractivity contribution in [3.05, 3.63) is 0 Å². The van der Waals surface area contributed by atoms with Crippen LogP contribution in [0.1, 0.15) is 33.6 Å². The van der Waals surface area contributed by atoms with E-state index >= 15 is 0 Å². The summed E-state index contributed by atoms with van der Waals surface area (Å²) in [6, 6.07) is 0. The smallest absolute Gasteiger partial charge is 0.123 e. The number of carbonyl (C=O) groups excluding carboxylic acids is 1. The lowest BCUT2D eigenvalue weighted by atomic mass is 9.81. The van der Waals surface area contributed by atoms with Crippen molar-refractivity contribution in [2.24, 2.45) is 11.8 Å². The van der Waals surface area contributed by atoms with Gasteiger partial charge in [-0.3, -0.25) is 0 Å². The van der Waals surface area contributed by atoms with Gasteiger partial charge in [0.2, 0.25) is 0 Å². The topological polar surface area (TPSA) is 26.3 Å². The first-order chi connectivity index (χ1) is 5.55. The van der Waals surface area contributed by atoms with Gasteiger partial charge in [0, 0.05) is 12.5 Å². The highest BCUT2D eigenvalue weighted by Gasteiger charge is 2.31. The van der Waals surface area contributed by atoms with E-state index in [1.807, 2.05) is 6.92 Å². The van der Waals surface area contributed by atoms with Crippen LogP contribution in [0.25, 0.3) is 0 Å². The standard InChI is InChI=1S/C10H18O2/c1-8(7-11)9-4-5-12-10(2,3)6-9/h7-9H,4-6H2,1-3H3. The molecule has 1 heterocycles. The lowest BCUT2D eigenvalue weighted by Gasteiger charge is -2.36. The van der Waals surface area contributed by atoms with E-state index in [9.17, 15) is 4.79 Å². The third kappa shape index (κ3) is 2.31. The first-order valence-electron chi connectivity index (χ1n) is 4.64. The van der Waals surface area contributed by atoms with E-state index in [1.54, 1.807) is 0 Å². The van der Waals surface area contributed by atoms with Crippen molar-refractivity contribution in [2.75, 3.05) is 6.61 Å². The molecule has 0 radical (unpaired) electrons. The maximum atomic E-state index is 10.6. The first-order valence-corrected chi connectivity index (χ1v) is 4.64. The van der Waals surface area contributed by atoms with Gasteiger partial charge in [-0.2, -0.15) is 0 Å². The van der Waals surface area contributed by atoms with Crippen LogP contribution in [-0.4, -0.2) is 18.5 Å². The third-order valence-corrected chi connectivity index (χ3v) is 2.69. The number of rotatable bonds is 2. The van der Waals surface area contributed by atoms with Crippen molar-refractivity contribution in [1.29, 1.82) is 0 Å². The molecule has 2 heteroatoms. The summed E-state index contributed by atoms with van der Waals surface area (Å²) >= 11 is 0. The maximum absolute atomic E-state index is 10.6. The molecule has 0 amide bonds. The molecule has 0 aromatic heterocycles. The van der Waals surface area contributed by atoms with Crippen molar-refractivity contribution in [1.82, 2.24) is 0 Å². The summed E-state index contributed by atoms with van der Waals surface area (Å²) in [5.41, 5.74) is -0.0276. The molecule has 0 spiro atoms. The van der Waals surface area contributed by atoms with Crippen molar-refractivity contribution in [3.8, 4) is 0 Å². The Morgan fingerprint density at radius 3 is 2.75 bits per heavy atom. The van der Waals surface area contributed by atoms with Gasteiger partial charge in [0.05, 0.1) is 5.60 Å². The Hall–Kier alpha value is -0.370. The summed E-state index contributed by atoms with van der Waals surface area (Å²) in [7, 11) is 0. The van der Waals surface area contributed by atoms with Crippen LogP contribution >= 0.6 is 0 Å². The number of aldehydes is 1. The van der Waals surface area contributed by atoms with Crippen LogP contribution in [0.4, 0.5) is 0 Å². The highest BCUT2D eigenvalue weighted by atomic mass is 16.5. The van der Waals surface area contributed by atoms with E-state index < -0.39 is 0 Å². The van der Waals surface area contributed by atoms with Crippen LogP contribution in [0.3, 0.4) is 0 Å². The average Bonchev–Trinajstić information content (AvgIpc) is 2.01. The van der Waals surface area contributed by atoms with Crippen LogP contribution in [0.5, 0.6) is 0 Å². The van der Waals surface area contributed by atoms with E-state index in [0.29, 0.717) is 5.92 Å². The van der Waals surface area contributed by atoms with Crippen LogP contribution < -0.4 is 0 Å². The maximum Gasteiger partial charge on any atom is 0.123 e. The molecule has 1 aliphatic rings. The molecule has 0 bridgehead atoms. The molecule has 0 aromatic rings. The first kappa shape index (κ1) is 9.72. The van der Waals surface area contributed by atoms with E-state index in [0.717, 1.165) is 25.7 Å². The van der Waals surface area contributed by atoms with Crippen LogP contribution in [0.2, 0.25) is 0 Å². The molecule has 2 atom stereocenters. The number of hydrogen-bond acceptors (Lipinski definition) is 2. The second-order valence-corrected chi connectivity index (χ2v) is 4.36. The minimum Gasteiger partial charge on any atom is -0.376 e. The van der Waals surface area contributed by atoms with E-state index in [2.05, 4.69) is 13.8 Å². The zero-order chi connectivity index (χ0) is 9.19.